The number of ether oxygens (including phenoxy) is 1. The highest BCUT2D eigenvalue weighted by molar-refractivity contribution is 7.92. The summed E-state index contributed by atoms with van der Waals surface area (Å²) in [4.78, 5) is 16.4. The molecule has 8 nitrogen and oxygen atoms in total. The number of carbonyl (C=O) groups is 1. The van der Waals surface area contributed by atoms with Crippen molar-refractivity contribution in [1.29, 1.82) is 0 Å². The number of sulfonamides is 1. The third kappa shape index (κ3) is 5.56. The van der Waals surface area contributed by atoms with Crippen LogP contribution >= 0.6 is 0 Å². The van der Waals surface area contributed by atoms with Gasteiger partial charge in [0.25, 0.3) is 15.9 Å². The molecule has 0 aliphatic rings. The van der Waals surface area contributed by atoms with Crippen molar-refractivity contribution in [3.8, 4) is 0 Å². The zero-order valence-electron chi connectivity index (χ0n) is 18.2. The van der Waals surface area contributed by atoms with Gasteiger partial charge in [0, 0.05) is 11.6 Å². The van der Waals surface area contributed by atoms with Gasteiger partial charge in [-0.1, -0.05) is 61.5 Å². The molecule has 0 unspecified atom stereocenters. The first kappa shape index (κ1) is 22.5. The van der Waals surface area contributed by atoms with Gasteiger partial charge in [0.2, 0.25) is 0 Å². The van der Waals surface area contributed by atoms with Crippen molar-refractivity contribution in [3.63, 3.8) is 0 Å². The summed E-state index contributed by atoms with van der Waals surface area (Å²) in [6, 6.07) is 19.1. The molecule has 0 spiro atoms. The highest BCUT2D eigenvalue weighted by Crippen LogP contribution is 2.22. The molecule has 0 aliphatic heterocycles. The second-order valence-electron chi connectivity index (χ2n) is 7.85. The van der Waals surface area contributed by atoms with E-state index in [9.17, 15) is 13.2 Å². The molecule has 1 aromatic heterocycles. The maximum Gasteiger partial charge on any atom is 0.310 e. The summed E-state index contributed by atoms with van der Waals surface area (Å²) >= 11 is 0. The number of hydrogen-bond acceptors (Lipinski definition) is 7. The number of nitrogens with one attached hydrogen (secondary N) is 1. The van der Waals surface area contributed by atoms with E-state index in [1.807, 2.05) is 38.1 Å². The van der Waals surface area contributed by atoms with Crippen molar-refractivity contribution >= 4 is 32.5 Å². The molecule has 0 aliphatic carbocycles. The molecule has 0 atom stereocenters. The van der Waals surface area contributed by atoms with E-state index < -0.39 is 16.0 Å². The lowest BCUT2D eigenvalue weighted by molar-refractivity contribution is -0.144. The number of benzene rings is 3. The molecule has 0 bridgehead atoms. The van der Waals surface area contributed by atoms with Crippen LogP contribution in [0.1, 0.15) is 37.0 Å². The molecule has 170 valence electrons. The Hall–Kier alpha value is -3.72. The van der Waals surface area contributed by atoms with E-state index in [4.69, 9.17) is 9.26 Å². The molecule has 1 heterocycles. The molecule has 0 fully saturated rings. The standard InChI is InChI=1S/C24H23N3O5S/c1-16(2)24-25-22(32-26-24)15-31-23(28)13-17-7-10-20(11-8-17)27-33(29,30)21-12-9-18-5-3-4-6-19(18)14-21/h3-12,14,16,27H,13,15H2,1-2H3. The number of esters is 1. The van der Waals surface area contributed by atoms with Gasteiger partial charge in [-0.15, -0.1) is 0 Å². The first-order valence-electron chi connectivity index (χ1n) is 10.4. The summed E-state index contributed by atoms with van der Waals surface area (Å²) < 4.78 is 38.3. The maximum absolute atomic E-state index is 12.8. The van der Waals surface area contributed by atoms with Crippen LogP contribution in [0.2, 0.25) is 0 Å². The van der Waals surface area contributed by atoms with Crippen LogP contribution in [0.3, 0.4) is 0 Å². The number of fused-ring (bicyclic) bond motifs is 1. The second-order valence-corrected chi connectivity index (χ2v) is 9.53. The Labute approximate surface area is 191 Å². The quantitative estimate of drug-likeness (QED) is 0.383. The SMILES string of the molecule is CC(C)c1noc(COC(=O)Cc2ccc(NS(=O)(=O)c3ccc4ccccc4c3)cc2)n1. The van der Waals surface area contributed by atoms with Gasteiger partial charge in [0.15, 0.2) is 12.4 Å². The second kappa shape index (κ2) is 9.41. The van der Waals surface area contributed by atoms with Gasteiger partial charge < -0.3 is 9.26 Å². The molecule has 9 heteroatoms. The van der Waals surface area contributed by atoms with Gasteiger partial charge in [-0.3, -0.25) is 9.52 Å². The van der Waals surface area contributed by atoms with E-state index in [1.165, 1.54) is 0 Å². The van der Waals surface area contributed by atoms with Crippen molar-refractivity contribution in [2.45, 2.75) is 37.7 Å². The van der Waals surface area contributed by atoms with Crippen molar-refractivity contribution in [2.24, 2.45) is 0 Å². The van der Waals surface area contributed by atoms with E-state index in [0.29, 0.717) is 17.1 Å². The van der Waals surface area contributed by atoms with Crippen molar-refractivity contribution in [3.05, 3.63) is 84.0 Å². The highest BCUT2D eigenvalue weighted by atomic mass is 32.2. The van der Waals surface area contributed by atoms with E-state index in [2.05, 4.69) is 14.9 Å². The molecular formula is C24H23N3O5S. The molecule has 3 aromatic carbocycles. The van der Waals surface area contributed by atoms with Gasteiger partial charge in [0.1, 0.15) is 0 Å². The predicted octanol–water partition coefficient (Wildman–Crippen LogP) is 4.43. The predicted molar refractivity (Wildman–Crippen MR) is 123 cm³/mol. The minimum Gasteiger partial charge on any atom is -0.455 e. The van der Waals surface area contributed by atoms with E-state index in [0.717, 1.165) is 10.8 Å². The minimum absolute atomic E-state index is 0.0306. The minimum atomic E-state index is -3.75. The summed E-state index contributed by atoms with van der Waals surface area (Å²) in [5, 5.41) is 5.63. The van der Waals surface area contributed by atoms with E-state index in [-0.39, 0.29) is 29.7 Å². The van der Waals surface area contributed by atoms with Crippen molar-refractivity contribution < 1.29 is 22.5 Å². The Bertz CT molecular complexity index is 1380. The maximum atomic E-state index is 12.8. The average Bonchev–Trinajstić information content (AvgIpc) is 3.28. The topological polar surface area (TPSA) is 111 Å². The summed E-state index contributed by atoms with van der Waals surface area (Å²) in [6.45, 7) is 3.78. The number of anilines is 1. The van der Waals surface area contributed by atoms with Gasteiger partial charge in [-0.05, 0) is 40.6 Å². The van der Waals surface area contributed by atoms with Crippen LogP contribution in [0, 0.1) is 0 Å². The fourth-order valence-corrected chi connectivity index (χ4v) is 4.25. The number of hydrogen-bond donors (Lipinski definition) is 1. The lowest BCUT2D eigenvalue weighted by atomic mass is 10.1. The number of carbonyl (C=O) groups excluding carboxylic acids is 1. The zero-order chi connectivity index (χ0) is 23.4. The van der Waals surface area contributed by atoms with E-state index >= 15 is 0 Å². The molecule has 33 heavy (non-hydrogen) atoms. The zero-order valence-corrected chi connectivity index (χ0v) is 19.0. The van der Waals surface area contributed by atoms with Gasteiger partial charge >= 0.3 is 5.97 Å². The Morgan fingerprint density at radius 2 is 1.76 bits per heavy atom. The molecular weight excluding hydrogens is 442 g/mol. The van der Waals surface area contributed by atoms with Gasteiger partial charge in [-0.2, -0.15) is 4.98 Å². The van der Waals surface area contributed by atoms with Crippen LogP contribution in [0.5, 0.6) is 0 Å². The van der Waals surface area contributed by atoms with Gasteiger partial charge in [-0.25, -0.2) is 8.42 Å². The normalized spacial score (nSPS) is 11.6. The van der Waals surface area contributed by atoms with Crippen LogP contribution in [0.25, 0.3) is 10.8 Å². The fourth-order valence-electron chi connectivity index (χ4n) is 3.16. The molecule has 0 amide bonds. The Morgan fingerprint density at radius 3 is 2.45 bits per heavy atom. The van der Waals surface area contributed by atoms with Crippen molar-refractivity contribution in [2.75, 3.05) is 4.72 Å². The van der Waals surface area contributed by atoms with E-state index in [1.54, 1.807) is 42.5 Å². The fraction of sp³-hybridized carbons (Fsp3) is 0.208. The van der Waals surface area contributed by atoms with Crippen LogP contribution in [-0.4, -0.2) is 24.5 Å². The first-order valence-corrected chi connectivity index (χ1v) is 11.9. The number of nitrogens with zero attached hydrogens (tertiary/aromatic N) is 2. The Balaban J connectivity index is 1.35. The lowest BCUT2D eigenvalue weighted by Gasteiger charge is -2.10. The monoisotopic (exact) mass is 465 g/mol. The van der Waals surface area contributed by atoms with Crippen LogP contribution in [-0.2, 0) is 32.6 Å². The van der Waals surface area contributed by atoms with Crippen LogP contribution in [0.15, 0.2) is 76.1 Å². The first-order chi connectivity index (χ1) is 15.8. The van der Waals surface area contributed by atoms with Crippen LogP contribution < -0.4 is 4.72 Å². The molecule has 4 rings (SSSR count). The summed E-state index contributed by atoms with van der Waals surface area (Å²) in [5.41, 5.74) is 1.08. The van der Waals surface area contributed by atoms with Gasteiger partial charge in [0.05, 0.1) is 11.3 Å². The Morgan fingerprint density at radius 1 is 1.03 bits per heavy atom. The average molecular weight is 466 g/mol. The molecule has 0 saturated heterocycles. The summed E-state index contributed by atoms with van der Waals surface area (Å²) in [5.74, 6) is 0.465. The lowest BCUT2D eigenvalue weighted by Crippen LogP contribution is -2.13. The molecule has 1 N–H and O–H groups in total. The Kier molecular flexibility index (Phi) is 6.41. The number of rotatable bonds is 8. The summed E-state index contributed by atoms with van der Waals surface area (Å²) in [7, 11) is -3.75. The molecule has 0 saturated carbocycles. The third-order valence-electron chi connectivity index (χ3n) is 4.94. The van der Waals surface area contributed by atoms with Crippen LogP contribution in [0.4, 0.5) is 5.69 Å². The highest BCUT2D eigenvalue weighted by Gasteiger charge is 2.16. The smallest absolute Gasteiger partial charge is 0.310 e. The third-order valence-corrected chi connectivity index (χ3v) is 6.32. The molecule has 0 radical (unpaired) electrons. The molecule has 4 aromatic rings. The van der Waals surface area contributed by atoms with Crippen molar-refractivity contribution in [1.82, 2.24) is 10.1 Å². The number of aromatic nitrogens is 2. The summed E-state index contributed by atoms with van der Waals surface area (Å²) in [6.07, 6.45) is 0.0306. The largest absolute Gasteiger partial charge is 0.455 e.